The maximum atomic E-state index is 12.9. The number of fused-ring (bicyclic) bond motifs is 1. The van der Waals surface area contributed by atoms with Gasteiger partial charge in [-0.3, -0.25) is 24.0 Å². The largest absolute Gasteiger partial charge is 0.433 e. The minimum atomic E-state index is -4.65. The van der Waals surface area contributed by atoms with Gasteiger partial charge in [-0.25, -0.2) is 4.98 Å². The van der Waals surface area contributed by atoms with E-state index in [1.54, 1.807) is 36.3 Å². The van der Waals surface area contributed by atoms with Crippen LogP contribution in [0.4, 0.5) is 18.9 Å². The minimum Gasteiger partial charge on any atom is -0.358 e. The number of likely N-dealkylation sites (N-methyl/N-ethyl adjacent to an activating group) is 1. The summed E-state index contributed by atoms with van der Waals surface area (Å²) in [5.74, 6) is -0.954. The summed E-state index contributed by atoms with van der Waals surface area (Å²) in [5, 5.41) is 10.2. The molecule has 1 fully saturated rings. The standard InChI is InChI=1S/C23H24F3N7O3/c1-27-20(34)13-31-7-9-32(10-8-31)21(35)14-33-12-15-11-16(5-6-17(15)30-33)28-22(36)18-3-2-4-19(29-18)23(24,25)26/h2-6,11-12H,7-10,13-14H2,1H3,(H,27,34)(H,28,36). The maximum absolute atomic E-state index is 12.9. The highest BCUT2D eigenvalue weighted by atomic mass is 19.4. The van der Waals surface area contributed by atoms with Gasteiger partial charge in [0.1, 0.15) is 17.9 Å². The first-order valence-corrected chi connectivity index (χ1v) is 11.2. The van der Waals surface area contributed by atoms with Crippen molar-refractivity contribution < 1.29 is 27.6 Å². The average Bonchev–Trinajstić information content (AvgIpc) is 3.25. The zero-order chi connectivity index (χ0) is 25.9. The van der Waals surface area contributed by atoms with E-state index in [1.807, 2.05) is 4.90 Å². The molecule has 190 valence electrons. The number of hydrogen-bond acceptors (Lipinski definition) is 6. The summed E-state index contributed by atoms with van der Waals surface area (Å²) < 4.78 is 40.1. The van der Waals surface area contributed by atoms with Crippen LogP contribution in [-0.4, -0.2) is 82.1 Å². The molecule has 0 unspecified atom stereocenters. The Balaban J connectivity index is 1.37. The van der Waals surface area contributed by atoms with Crippen molar-refractivity contribution in [2.75, 3.05) is 45.1 Å². The third kappa shape index (κ3) is 5.97. The van der Waals surface area contributed by atoms with Crippen molar-refractivity contribution in [2.24, 2.45) is 0 Å². The van der Waals surface area contributed by atoms with Gasteiger partial charge in [0.05, 0.1) is 12.1 Å². The summed E-state index contributed by atoms with van der Waals surface area (Å²) in [4.78, 5) is 43.7. The maximum Gasteiger partial charge on any atom is 0.433 e. The molecule has 1 aliphatic rings. The van der Waals surface area contributed by atoms with Crippen molar-refractivity contribution in [1.82, 2.24) is 29.9 Å². The van der Waals surface area contributed by atoms with Crippen LogP contribution in [0.1, 0.15) is 16.2 Å². The summed E-state index contributed by atoms with van der Waals surface area (Å²) in [7, 11) is 1.58. The van der Waals surface area contributed by atoms with E-state index in [2.05, 4.69) is 20.7 Å². The Hall–Kier alpha value is -4.00. The number of carbonyl (C=O) groups is 3. The fraction of sp³-hybridized carbons (Fsp3) is 0.348. The number of amides is 3. The number of piperazine rings is 1. The van der Waals surface area contributed by atoms with Crippen LogP contribution in [0.3, 0.4) is 0 Å². The first-order valence-electron chi connectivity index (χ1n) is 11.2. The summed E-state index contributed by atoms with van der Waals surface area (Å²) in [6.07, 6.45) is -2.99. The zero-order valence-electron chi connectivity index (χ0n) is 19.4. The predicted octanol–water partition coefficient (Wildman–Crippen LogP) is 1.59. The van der Waals surface area contributed by atoms with E-state index in [0.29, 0.717) is 49.3 Å². The van der Waals surface area contributed by atoms with Crippen molar-refractivity contribution in [1.29, 1.82) is 0 Å². The SMILES string of the molecule is CNC(=O)CN1CCN(C(=O)Cn2cc3cc(NC(=O)c4cccc(C(F)(F)F)n4)ccc3n2)CC1. The number of hydrogen-bond donors (Lipinski definition) is 2. The monoisotopic (exact) mass is 503 g/mol. The Morgan fingerprint density at radius 2 is 1.78 bits per heavy atom. The van der Waals surface area contributed by atoms with E-state index in [9.17, 15) is 27.6 Å². The predicted molar refractivity (Wildman–Crippen MR) is 124 cm³/mol. The molecule has 0 saturated carbocycles. The number of nitrogens with one attached hydrogen (secondary N) is 2. The second kappa shape index (κ2) is 10.3. The second-order valence-corrected chi connectivity index (χ2v) is 8.29. The van der Waals surface area contributed by atoms with Crippen molar-refractivity contribution in [2.45, 2.75) is 12.7 Å². The molecule has 1 saturated heterocycles. The van der Waals surface area contributed by atoms with E-state index in [-0.39, 0.29) is 24.1 Å². The van der Waals surface area contributed by atoms with Gasteiger partial charge in [-0.15, -0.1) is 0 Å². The van der Waals surface area contributed by atoms with E-state index >= 15 is 0 Å². The van der Waals surface area contributed by atoms with Gasteiger partial charge in [0.2, 0.25) is 11.8 Å². The molecule has 10 nitrogen and oxygen atoms in total. The third-order valence-corrected chi connectivity index (χ3v) is 5.75. The first-order chi connectivity index (χ1) is 17.1. The van der Waals surface area contributed by atoms with Crippen LogP contribution in [0.25, 0.3) is 10.9 Å². The number of carbonyl (C=O) groups excluding carboxylic acids is 3. The van der Waals surface area contributed by atoms with Crippen LogP contribution in [0.5, 0.6) is 0 Å². The molecule has 2 aromatic heterocycles. The zero-order valence-corrected chi connectivity index (χ0v) is 19.4. The van der Waals surface area contributed by atoms with E-state index < -0.39 is 17.8 Å². The number of halogens is 3. The molecule has 13 heteroatoms. The summed E-state index contributed by atoms with van der Waals surface area (Å²) in [5.41, 5.74) is -0.565. The third-order valence-electron chi connectivity index (χ3n) is 5.75. The lowest BCUT2D eigenvalue weighted by Crippen LogP contribution is -2.51. The molecular weight excluding hydrogens is 479 g/mol. The van der Waals surface area contributed by atoms with Gasteiger partial charge in [0.25, 0.3) is 5.91 Å². The Bertz CT molecular complexity index is 1280. The van der Waals surface area contributed by atoms with Gasteiger partial charge in [-0.2, -0.15) is 18.3 Å². The molecule has 0 radical (unpaired) electrons. The van der Waals surface area contributed by atoms with Gasteiger partial charge in [-0.05, 0) is 30.3 Å². The lowest BCUT2D eigenvalue weighted by atomic mass is 10.2. The van der Waals surface area contributed by atoms with Crippen LogP contribution in [0.2, 0.25) is 0 Å². The molecule has 3 aromatic rings. The number of benzene rings is 1. The van der Waals surface area contributed by atoms with E-state index in [1.165, 1.54) is 10.7 Å². The molecule has 0 bridgehead atoms. The van der Waals surface area contributed by atoms with Crippen LogP contribution in [0, 0.1) is 0 Å². The van der Waals surface area contributed by atoms with Crippen molar-refractivity contribution in [3.63, 3.8) is 0 Å². The number of aromatic nitrogens is 3. The lowest BCUT2D eigenvalue weighted by Gasteiger charge is -2.34. The summed E-state index contributed by atoms with van der Waals surface area (Å²) in [6, 6.07) is 7.94. The van der Waals surface area contributed by atoms with Crippen molar-refractivity contribution in [3.8, 4) is 0 Å². The lowest BCUT2D eigenvalue weighted by molar-refractivity contribution is -0.141. The number of nitrogens with zero attached hydrogens (tertiary/aromatic N) is 5. The molecule has 2 N–H and O–H groups in total. The number of alkyl halides is 3. The highest BCUT2D eigenvalue weighted by Gasteiger charge is 2.33. The quantitative estimate of drug-likeness (QED) is 0.529. The first kappa shape index (κ1) is 25.1. The van der Waals surface area contributed by atoms with Gasteiger partial charge >= 0.3 is 6.18 Å². The van der Waals surface area contributed by atoms with Crippen LogP contribution < -0.4 is 10.6 Å². The van der Waals surface area contributed by atoms with Crippen molar-refractivity contribution >= 4 is 34.3 Å². The molecule has 0 aliphatic carbocycles. The average molecular weight is 503 g/mol. The van der Waals surface area contributed by atoms with Gasteiger partial charge < -0.3 is 15.5 Å². The fourth-order valence-corrected chi connectivity index (χ4v) is 3.83. The van der Waals surface area contributed by atoms with Gasteiger partial charge in [-0.1, -0.05) is 6.07 Å². The molecule has 1 aliphatic heterocycles. The molecule has 0 atom stereocenters. The summed E-state index contributed by atoms with van der Waals surface area (Å²) in [6.45, 7) is 2.55. The molecule has 3 amide bonds. The normalized spacial score (nSPS) is 14.6. The molecule has 3 heterocycles. The van der Waals surface area contributed by atoms with Gasteiger partial charge in [0.15, 0.2) is 0 Å². The Morgan fingerprint density at radius 1 is 1.03 bits per heavy atom. The smallest absolute Gasteiger partial charge is 0.358 e. The Kier molecular flexibility index (Phi) is 7.20. The highest BCUT2D eigenvalue weighted by molar-refractivity contribution is 6.03. The Morgan fingerprint density at radius 3 is 2.47 bits per heavy atom. The molecular formula is C23H24F3N7O3. The van der Waals surface area contributed by atoms with E-state index in [4.69, 9.17) is 0 Å². The number of anilines is 1. The van der Waals surface area contributed by atoms with Crippen molar-refractivity contribution in [3.05, 3.63) is 54.0 Å². The van der Waals surface area contributed by atoms with Crippen LogP contribution >= 0.6 is 0 Å². The molecule has 1 aromatic carbocycles. The molecule has 0 spiro atoms. The summed E-state index contributed by atoms with van der Waals surface area (Å²) >= 11 is 0. The molecule has 4 rings (SSSR count). The minimum absolute atomic E-state index is 0.0278. The Labute approximate surface area is 204 Å². The van der Waals surface area contributed by atoms with Crippen LogP contribution in [-0.2, 0) is 22.3 Å². The van der Waals surface area contributed by atoms with Gasteiger partial charge in [0, 0.05) is 50.5 Å². The number of rotatable bonds is 6. The fourth-order valence-electron chi connectivity index (χ4n) is 3.83. The van der Waals surface area contributed by atoms with Crippen LogP contribution in [0.15, 0.2) is 42.6 Å². The topological polar surface area (TPSA) is 112 Å². The highest BCUT2D eigenvalue weighted by Crippen LogP contribution is 2.27. The number of pyridine rings is 1. The second-order valence-electron chi connectivity index (χ2n) is 8.29. The van der Waals surface area contributed by atoms with E-state index in [0.717, 1.165) is 12.1 Å². The molecule has 36 heavy (non-hydrogen) atoms.